The SMILES string of the molecule is CCOc1ccc(-c2ccc(OCc3ccc(C4CCC(OC)CC4)c(F)c3F)cc2)c(F)c1. The zero-order valence-electron chi connectivity index (χ0n) is 19.5. The van der Waals surface area contributed by atoms with Crippen LogP contribution in [0, 0.1) is 17.5 Å². The molecule has 180 valence electrons. The summed E-state index contributed by atoms with van der Waals surface area (Å²) in [5, 5.41) is 0. The normalized spacial score (nSPS) is 18.0. The molecule has 0 spiro atoms. The van der Waals surface area contributed by atoms with Gasteiger partial charge in [-0.05, 0) is 73.9 Å². The van der Waals surface area contributed by atoms with Crippen LogP contribution >= 0.6 is 0 Å². The topological polar surface area (TPSA) is 27.7 Å². The number of benzene rings is 3. The van der Waals surface area contributed by atoms with Crippen LogP contribution in [0.25, 0.3) is 11.1 Å². The zero-order chi connectivity index (χ0) is 24.1. The summed E-state index contributed by atoms with van der Waals surface area (Å²) in [6.07, 6.45) is 3.47. The van der Waals surface area contributed by atoms with Crippen molar-refractivity contribution < 1.29 is 27.4 Å². The van der Waals surface area contributed by atoms with Gasteiger partial charge in [0.2, 0.25) is 0 Å². The second-order valence-electron chi connectivity index (χ2n) is 8.54. The third kappa shape index (κ3) is 5.39. The molecule has 3 aromatic carbocycles. The van der Waals surface area contributed by atoms with Crippen LogP contribution in [0.5, 0.6) is 11.5 Å². The summed E-state index contributed by atoms with van der Waals surface area (Å²) >= 11 is 0. The largest absolute Gasteiger partial charge is 0.494 e. The number of hydrogen-bond donors (Lipinski definition) is 0. The van der Waals surface area contributed by atoms with Gasteiger partial charge in [-0.2, -0.15) is 0 Å². The molecule has 3 nitrogen and oxygen atoms in total. The van der Waals surface area contributed by atoms with Crippen LogP contribution in [0.15, 0.2) is 54.6 Å². The quantitative estimate of drug-likeness (QED) is 0.343. The van der Waals surface area contributed by atoms with Crippen molar-refractivity contribution in [3.8, 4) is 22.6 Å². The van der Waals surface area contributed by atoms with Crippen LogP contribution in [-0.2, 0) is 11.3 Å². The lowest BCUT2D eigenvalue weighted by atomic mass is 9.82. The van der Waals surface area contributed by atoms with Crippen LogP contribution in [-0.4, -0.2) is 19.8 Å². The third-order valence-electron chi connectivity index (χ3n) is 6.45. The molecule has 0 aliphatic heterocycles. The van der Waals surface area contributed by atoms with E-state index in [-0.39, 0.29) is 30.0 Å². The van der Waals surface area contributed by atoms with Gasteiger partial charge in [0.25, 0.3) is 0 Å². The number of ether oxygens (including phenoxy) is 3. The van der Waals surface area contributed by atoms with Gasteiger partial charge in [-0.3, -0.25) is 0 Å². The Morgan fingerprint density at radius 2 is 1.50 bits per heavy atom. The van der Waals surface area contributed by atoms with Crippen LogP contribution in [0.3, 0.4) is 0 Å². The van der Waals surface area contributed by atoms with Crippen molar-refractivity contribution in [2.75, 3.05) is 13.7 Å². The Bertz CT molecular complexity index is 1110. The van der Waals surface area contributed by atoms with Gasteiger partial charge >= 0.3 is 0 Å². The van der Waals surface area contributed by atoms with Crippen molar-refractivity contribution in [2.45, 2.75) is 51.2 Å². The summed E-state index contributed by atoms with van der Waals surface area (Å²) in [6.45, 7) is 2.21. The number of methoxy groups -OCH3 is 1. The minimum atomic E-state index is -0.862. The summed E-state index contributed by atoms with van der Waals surface area (Å²) in [5.41, 5.74) is 1.71. The minimum absolute atomic E-state index is 0.00593. The van der Waals surface area contributed by atoms with E-state index in [9.17, 15) is 13.2 Å². The maximum Gasteiger partial charge on any atom is 0.165 e. The van der Waals surface area contributed by atoms with E-state index in [0.29, 0.717) is 34.8 Å². The first kappa shape index (κ1) is 24.1. The second kappa shape index (κ2) is 11.0. The predicted molar refractivity (Wildman–Crippen MR) is 126 cm³/mol. The highest BCUT2D eigenvalue weighted by molar-refractivity contribution is 5.65. The van der Waals surface area contributed by atoms with Crippen molar-refractivity contribution in [3.05, 3.63) is 83.2 Å². The summed E-state index contributed by atoms with van der Waals surface area (Å²) in [6, 6.07) is 14.8. The van der Waals surface area contributed by atoms with Crippen molar-refractivity contribution in [3.63, 3.8) is 0 Å². The average Bonchev–Trinajstić information content (AvgIpc) is 2.86. The van der Waals surface area contributed by atoms with Gasteiger partial charge in [-0.15, -0.1) is 0 Å². The molecule has 0 N–H and O–H groups in total. The number of halogens is 3. The molecular formula is C28H29F3O3. The molecule has 0 heterocycles. The van der Waals surface area contributed by atoms with Crippen LogP contribution in [0.4, 0.5) is 13.2 Å². The Labute approximate surface area is 198 Å². The molecule has 0 bridgehead atoms. The lowest BCUT2D eigenvalue weighted by Crippen LogP contribution is -2.20. The predicted octanol–water partition coefficient (Wildman–Crippen LogP) is 7.42. The first-order valence-electron chi connectivity index (χ1n) is 11.6. The molecule has 34 heavy (non-hydrogen) atoms. The van der Waals surface area contributed by atoms with Gasteiger partial charge in [0.05, 0.1) is 12.7 Å². The molecule has 6 heteroatoms. The van der Waals surface area contributed by atoms with Crippen LogP contribution < -0.4 is 9.47 Å². The molecule has 0 atom stereocenters. The maximum absolute atomic E-state index is 14.8. The average molecular weight is 471 g/mol. The Kier molecular flexibility index (Phi) is 7.78. The fourth-order valence-electron chi connectivity index (χ4n) is 4.52. The molecule has 0 radical (unpaired) electrons. The summed E-state index contributed by atoms with van der Waals surface area (Å²) in [5.74, 6) is -1.06. The third-order valence-corrected chi connectivity index (χ3v) is 6.45. The van der Waals surface area contributed by atoms with E-state index >= 15 is 0 Å². The van der Waals surface area contributed by atoms with Crippen LogP contribution in [0.2, 0.25) is 0 Å². The standard InChI is InChI=1S/C28H29F3O3/c1-3-33-23-13-15-24(26(29)16-23)18-6-11-22(12-7-18)34-17-20-8-14-25(28(31)27(20)30)19-4-9-21(32-2)10-5-19/h6-8,11-16,19,21H,3-5,9-10,17H2,1-2H3. The minimum Gasteiger partial charge on any atom is -0.494 e. The monoisotopic (exact) mass is 470 g/mol. The van der Waals surface area contributed by atoms with E-state index in [1.165, 1.54) is 6.07 Å². The highest BCUT2D eigenvalue weighted by Gasteiger charge is 2.26. The highest BCUT2D eigenvalue weighted by atomic mass is 19.2. The van der Waals surface area contributed by atoms with E-state index < -0.39 is 11.6 Å². The van der Waals surface area contributed by atoms with E-state index in [1.807, 2.05) is 6.92 Å². The molecule has 0 aromatic heterocycles. The molecular weight excluding hydrogens is 441 g/mol. The van der Waals surface area contributed by atoms with E-state index in [2.05, 4.69) is 0 Å². The Morgan fingerprint density at radius 3 is 2.15 bits per heavy atom. The Hall–Kier alpha value is -2.99. The summed E-state index contributed by atoms with van der Waals surface area (Å²) < 4.78 is 60.3. The molecule has 1 aliphatic carbocycles. The lowest BCUT2D eigenvalue weighted by molar-refractivity contribution is 0.0655. The zero-order valence-corrected chi connectivity index (χ0v) is 19.5. The van der Waals surface area contributed by atoms with E-state index in [1.54, 1.807) is 55.6 Å². The smallest absolute Gasteiger partial charge is 0.165 e. The first-order valence-corrected chi connectivity index (χ1v) is 11.6. The van der Waals surface area contributed by atoms with Crippen molar-refractivity contribution in [1.29, 1.82) is 0 Å². The van der Waals surface area contributed by atoms with Crippen molar-refractivity contribution in [2.24, 2.45) is 0 Å². The first-order chi connectivity index (χ1) is 16.5. The number of rotatable bonds is 8. The molecule has 0 saturated heterocycles. The van der Waals surface area contributed by atoms with Gasteiger partial charge in [0.1, 0.15) is 23.9 Å². The summed E-state index contributed by atoms with van der Waals surface area (Å²) in [4.78, 5) is 0. The molecule has 0 amide bonds. The molecule has 1 saturated carbocycles. The molecule has 3 aromatic rings. The van der Waals surface area contributed by atoms with Gasteiger partial charge in [-0.1, -0.05) is 24.3 Å². The van der Waals surface area contributed by atoms with Crippen molar-refractivity contribution in [1.82, 2.24) is 0 Å². The second-order valence-corrected chi connectivity index (χ2v) is 8.54. The maximum atomic E-state index is 14.8. The fraction of sp³-hybridized carbons (Fsp3) is 0.357. The van der Waals surface area contributed by atoms with Gasteiger partial charge in [-0.25, -0.2) is 13.2 Å². The Balaban J connectivity index is 1.40. The van der Waals surface area contributed by atoms with Crippen molar-refractivity contribution >= 4 is 0 Å². The van der Waals surface area contributed by atoms with Gasteiger partial charge in [0.15, 0.2) is 11.6 Å². The van der Waals surface area contributed by atoms with E-state index in [0.717, 1.165) is 25.7 Å². The van der Waals surface area contributed by atoms with Gasteiger partial charge < -0.3 is 14.2 Å². The molecule has 4 rings (SSSR count). The molecule has 1 fully saturated rings. The molecule has 0 unspecified atom stereocenters. The van der Waals surface area contributed by atoms with Crippen LogP contribution in [0.1, 0.15) is 49.7 Å². The lowest BCUT2D eigenvalue weighted by Gasteiger charge is -2.28. The summed E-state index contributed by atoms with van der Waals surface area (Å²) in [7, 11) is 1.69. The Morgan fingerprint density at radius 1 is 0.794 bits per heavy atom. The fourth-order valence-corrected chi connectivity index (χ4v) is 4.52. The number of hydrogen-bond acceptors (Lipinski definition) is 3. The molecule has 1 aliphatic rings. The van der Waals surface area contributed by atoms with Gasteiger partial charge in [0, 0.05) is 24.3 Å². The highest BCUT2D eigenvalue weighted by Crippen LogP contribution is 2.36. The van der Waals surface area contributed by atoms with E-state index in [4.69, 9.17) is 14.2 Å².